The molecule has 1 aliphatic rings. The van der Waals surface area contributed by atoms with E-state index < -0.39 is 33.8 Å². The van der Waals surface area contributed by atoms with Crippen molar-refractivity contribution in [2.24, 2.45) is 0 Å². The predicted molar refractivity (Wildman–Crippen MR) is 155 cm³/mol. The number of nitrogens with one attached hydrogen (secondary N) is 2. The summed E-state index contributed by atoms with van der Waals surface area (Å²) < 4.78 is 81.7. The van der Waals surface area contributed by atoms with Gasteiger partial charge in [-0.05, 0) is 66.6 Å². The fourth-order valence-corrected chi connectivity index (χ4v) is 5.48. The van der Waals surface area contributed by atoms with E-state index in [1.165, 1.54) is 19.0 Å². The Labute approximate surface area is 247 Å². The second kappa shape index (κ2) is 13.1. The Hall–Kier alpha value is -4.03. The van der Waals surface area contributed by atoms with Gasteiger partial charge in [-0.3, -0.25) is 9.80 Å². The average molecular weight is 619 g/mol. The first kappa shape index (κ1) is 31.9. The number of rotatable bonds is 9. The fourth-order valence-electron chi connectivity index (χ4n) is 4.65. The molecule has 3 aromatic carbocycles. The number of likely N-dealkylation sites (tertiary alicyclic amines) is 1. The number of carbonyl (C=O) groups is 1. The van der Waals surface area contributed by atoms with E-state index >= 15 is 0 Å². The van der Waals surface area contributed by atoms with Crippen LogP contribution >= 0.6 is 0 Å². The van der Waals surface area contributed by atoms with Gasteiger partial charge in [0.15, 0.2) is 0 Å². The number of nitriles is 1. The molecule has 1 atom stereocenters. The minimum Gasteiger partial charge on any atom is -0.308 e. The van der Waals surface area contributed by atoms with Gasteiger partial charge >= 0.3 is 12.2 Å². The van der Waals surface area contributed by atoms with Crippen LogP contribution in [0.1, 0.15) is 17.5 Å². The standard InChI is InChI=1S/C29H30F4N6O3S/c1-37(2)43(41,42)36-24-12-13-38(19-24)14-15-39(28(40)35-23-8-11-27(30)26(17-23)29(31,32)33)25-9-6-21(7-10-25)22-5-3-4-20(16-22)18-34/h3-11,16-17,24,36H,12-15,19H2,1-2H3,(H,35,40)/t24-/m1/s1. The maximum atomic E-state index is 13.8. The third-order valence-electron chi connectivity index (χ3n) is 6.98. The van der Waals surface area contributed by atoms with Gasteiger partial charge in [0.2, 0.25) is 0 Å². The Balaban J connectivity index is 1.54. The molecule has 0 bridgehead atoms. The molecule has 2 N–H and O–H groups in total. The van der Waals surface area contributed by atoms with Crippen LogP contribution in [0.4, 0.5) is 33.7 Å². The SMILES string of the molecule is CN(C)S(=O)(=O)N[C@@H]1CCN(CCN(C(=O)Nc2ccc(F)c(C(F)(F)F)c2)c2ccc(-c3cccc(C#N)c3)cc2)C1. The van der Waals surface area contributed by atoms with E-state index in [1.54, 1.807) is 42.5 Å². The highest BCUT2D eigenvalue weighted by molar-refractivity contribution is 7.87. The van der Waals surface area contributed by atoms with Crippen molar-refractivity contribution in [2.45, 2.75) is 18.6 Å². The molecule has 1 heterocycles. The van der Waals surface area contributed by atoms with Crippen molar-refractivity contribution < 1.29 is 30.8 Å². The van der Waals surface area contributed by atoms with E-state index in [0.717, 1.165) is 21.5 Å². The summed E-state index contributed by atoms with van der Waals surface area (Å²) in [5.74, 6) is -1.45. The van der Waals surface area contributed by atoms with E-state index in [-0.39, 0.29) is 18.3 Å². The number of urea groups is 1. The molecule has 1 aliphatic heterocycles. The number of hydrogen-bond donors (Lipinski definition) is 2. The molecule has 0 spiro atoms. The van der Waals surface area contributed by atoms with Crippen LogP contribution in [0.3, 0.4) is 0 Å². The van der Waals surface area contributed by atoms with Crippen molar-refractivity contribution in [3.8, 4) is 17.2 Å². The minimum absolute atomic E-state index is 0.121. The van der Waals surface area contributed by atoms with Gasteiger partial charge in [0.05, 0.1) is 17.2 Å². The summed E-state index contributed by atoms with van der Waals surface area (Å²) in [4.78, 5) is 16.7. The molecule has 3 aromatic rings. The van der Waals surface area contributed by atoms with Crippen molar-refractivity contribution in [3.05, 3.63) is 83.7 Å². The van der Waals surface area contributed by atoms with Gasteiger partial charge in [-0.25, -0.2) is 9.18 Å². The molecule has 43 heavy (non-hydrogen) atoms. The highest BCUT2D eigenvalue weighted by atomic mass is 32.2. The monoisotopic (exact) mass is 618 g/mol. The lowest BCUT2D eigenvalue weighted by Crippen LogP contribution is -2.44. The van der Waals surface area contributed by atoms with Gasteiger partial charge < -0.3 is 5.32 Å². The lowest BCUT2D eigenvalue weighted by Gasteiger charge is -2.26. The first-order valence-electron chi connectivity index (χ1n) is 13.2. The number of nitrogens with zero attached hydrogens (tertiary/aromatic N) is 4. The zero-order valence-electron chi connectivity index (χ0n) is 23.4. The van der Waals surface area contributed by atoms with Gasteiger partial charge in [0.1, 0.15) is 5.82 Å². The molecule has 0 radical (unpaired) electrons. The zero-order valence-corrected chi connectivity index (χ0v) is 24.2. The Kier molecular flexibility index (Phi) is 9.71. The Morgan fingerprint density at radius 3 is 2.44 bits per heavy atom. The highest BCUT2D eigenvalue weighted by Gasteiger charge is 2.34. The van der Waals surface area contributed by atoms with E-state index in [9.17, 15) is 36.0 Å². The molecule has 0 aliphatic carbocycles. The van der Waals surface area contributed by atoms with Crippen LogP contribution in [0.2, 0.25) is 0 Å². The van der Waals surface area contributed by atoms with Gasteiger partial charge in [0.25, 0.3) is 10.2 Å². The Bertz CT molecular complexity index is 1610. The van der Waals surface area contributed by atoms with Crippen LogP contribution in [-0.2, 0) is 16.4 Å². The Morgan fingerprint density at radius 2 is 1.79 bits per heavy atom. The summed E-state index contributed by atoms with van der Waals surface area (Å²) in [6.07, 6.45) is -4.38. The average Bonchev–Trinajstić information content (AvgIpc) is 3.40. The van der Waals surface area contributed by atoms with Crippen LogP contribution < -0.4 is 14.9 Å². The van der Waals surface area contributed by atoms with Crippen molar-refractivity contribution in [3.63, 3.8) is 0 Å². The highest BCUT2D eigenvalue weighted by Crippen LogP contribution is 2.33. The van der Waals surface area contributed by atoms with Crippen LogP contribution in [0, 0.1) is 17.1 Å². The van der Waals surface area contributed by atoms with Crippen molar-refractivity contribution in [1.29, 1.82) is 5.26 Å². The lowest BCUT2D eigenvalue weighted by molar-refractivity contribution is -0.139. The fraction of sp³-hybridized carbons (Fsp3) is 0.310. The van der Waals surface area contributed by atoms with Crippen LogP contribution in [0.5, 0.6) is 0 Å². The van der Waals surface area contributed by atoms with Crippen LogP contribution in [0.15, 0.2) is 66.7 Å². The molecule has 4 rings (SSSR count). The van der Waals surface area contributed by atoms with Crippen LogP contribution in [-0.4, -0.2) is 70.0 Å². The molecule has 0 aromatic heterocycles. The first-order valence-corrected chi connectivity index (χ1v) is 14.7. The molecular weight excluding hydrogens is 588 g/mol. The number of hydrogen-bond acceptors (Lipinski definition) is 5. The molecule has 14 heteroatoms. The molecule has 228 valence electrons. The number of halogens is 4. The summed E-state index contributed by atoms with van der Waals surface area (Å²) in [5, 5.41) is 11.6. The number of alkyl halides is 3. The normalized spacial score (nSPS) is 15.8. The van der Waals surface area contributed by atoms with E-state index in [2.05, 4.69) is 16.1 Å². The molecule has 0 saturated carbocycles. The quantitative estimate of drug-likeness (QED) is 0.332. The van der Waals surface area contributed by atoms with E-state index in [4.69, 9.17) is 0 Å². The molecular formula is C29H30F4N6O3S. The maximum absolute atomic E-state index is 13.8. The number of carbonyl (C=O) groups excluding carboxylic acids is 1. The van der Waals surface area contributed by atoms with E-state index in [0.29, 0.717) is 49.4 Å². The topological polar surface area (TPSA) is 109 Å². The summed E-state index contributed by atoms with van der Waals surface area (Å²) in [5.41, 5.74) is 0.773. The number of amides is 2. The lowest BCUT2D eigenvalue weighted by atomic mass is 10.0. The summed E-state index contributed by atoms with van der Waals surface area (Å²) in [7, 11) is -0.766. The van der Waals surface area contributed by atoms with Crippen molar-refractivity contribution in [1.82, 2.24) is 13.9 Å². The van der Waals surface area contributed by atoms with Crippen molar-refractivity contribution >= 4 is 27.6 Å². The third kappa shape index (κ3) is 8.08. The van der Waals surface area contributed by atoms with E-state index in [1.807, 2.05) is 11.0 Å². The molecule has 2 amide bonds. The largest absolute Gasteiger partial charge is 0.419 e. The van der Waals surface area contributed by atoms with Gasteiger partial charge in [-0.1, -0.05) is 24.3 Å². The summed E-state index contributed by atoms with van der Waals surface area (Å²) in [6.45, 7) is 1.44. The summed E-state index contributed by atoms with van der Waals surface area (Å²) >= 11 is 0. The maximum Gasteiger partial charge on any atom is 0.419 e. The van der Waals surface area contributed by atoms with Gasteiger partial charge in [0, 0.05) is 51.1 Å². The van der Waals surface area contributed by atoms with Crippen LogP contribution in [0.25, 0.3) is 11.1 Å². The first-order chi connectivity index (χ1) is 20.3. The smallest absolute Gasteiger partial charge is 0.308 e. The van der Waals surface area contributed by atoms with Gasteiger partial charge in [-0.2, -0.15) is 35.9 Å². The molecule has 1 fully saturated rings. The predicted octanol–water partition coefficient (Wildman–Crippen LogP) is 4.89. The second-order valence-electron chi connectivity index (χ2n) is 10.2. The third-order valence-corrected chi connectivity index (χ3v) is 8.57. The van der Waals surface area contributed by atoms with Crippen molar-refractivity contribution in [2.75, 3.05) is 50.5 Å². The number of anilines is 2. The minimum atomic E-state index is -4.94. The molecule has 9 nitrogen and oxygen atoms in total. The van der Waals surface area contributed by atoms with Gasteiger partial charge in [-0.15, -0.1) is 0 Å². The molecule has 1 saturated heterocycles. The second-order valence-corrected chi connectivity index (χ2v) is 12.1. The summed E-state index contributed by atoms with van der Waals surface area (Å²) in [6, 6.07) is 17.1. The zero-order chi connectivity index (χ0) is 31.4. The number of benzene rings is 3. The Morgan fingerprint density at radius 1 is 1.07 bits per heavy atom. The molecule has 0 unspecified atom stereocenters.